The van der Waals surface area contributed by atoms with E-state index in [4.69, 9.17) is 4.74 Å². The second-order valence-electron chi connectivity index (χ2n) is 5.37. The van der Waals surface area contributed by atoms with Crippen LogP contribution in [0, 0.1) is 0 Å². The molecule has 1 aliphatic rings. The molecule has 1 atom stereocenters. The number of hydrogen-bond acceptors (Lipinski definition) is 3. The number of methoxy groups -OCH3 is 1. The smallest absolute Gasteiger partial charge is 0.312 e. The quantitative estimate of drug-likeness (QED) is 0.862. The van der Waals surface area contributed by atoms with Gasteiger partial charge in [-0.05, 0) is 43.9 Å². The van der Waals surface area contributed by atoms with Gasteiger partial charge in [-0.2, -0.15) is 0 Å². The molecule has 0 saturated carbocycles. The summed E-state index contributed by atoms with van der Waals surface area (Å²) in [6, 6.07) is 7.55. The number of benzene rings is 1. The standard InChI is InChI=1S/C16H22N2O3/c1-12-5-3-4-10-18(12)16(20)15(19)17-11-13-6-8-14(21-2)9-7-13/h6-9,12H,3-5,10-11H2,1-2H3,(H,17,19). The minimum absolute atomic E-state index is 0.151. The van der Waals surface area contributed by atoms with Gasteiger partial charge in [0.2, 0.25) is 0 Å². The van der Waals surface area contributed by atoms with Gasteiger partial charge in [0.1, 0.15) is 5.75 Å². The van der Waals surface area contributed by atoms with E-state index in [1.807, 2.05) is 31.2 Å². The van der Waals surface area contributed by atoms with Gasteiger partial charge in [0, 0.05) is 19.1 Å². The Morgan fingerprint density at radius 2 is 2.00 bits per heavy atom. The van der Waals surface area contributed by atoms with Crippen LogP contribution in [0.1, 0.15) is 31.7 Å². The van der Waals surface area contributed by atoms with Crippen molar-refractivity contribution in [3.63, 3.8) is 0 Å². The molecular weight excluding hydrogens is 268 g/mol. The summed E-state index contributed by atoms with van der Waals surface area (Å²) < 4.78 is 5.08. The van der Waals surface area contributed by atoms with E-state index in [0.29, 0.717) is 13.1 Å². The summed E-state index contributed by atoms with van der Waals surface area (Å²) in [5.41, 5.74) is 0.934. The highest BCUT2D eigenvalue weighted by Crippen LogP contribution is 2.16. The number of likely N-dealkylation sites (tertiary alicyclic amines) is 1. The minimum atomic E-state index is -0.528. The maximum Gasteiger partial charge on any atom is 0.312 e. The predicted molar refractivity (Wildman–Crippen MR) is 79.9 cm³/mol. The number of nitrogens with zero attached hydrogens (tertiary/aromatic N) is 1. The van der Waals surface area contributed by atoms with Crippen LogP contribution in [0.3, 0.4) is 0 Å². The van der Waals surface area contributed by atoms with Gasteiger partial charge in [-0.25, -0.2) is 0 Å². The first-order valence-corrected chi connectivity index (χ1v) is 7.33. The Labute approximate surface area is 125 Å². The molecule has 114 valence electrons. The number of hydrogen-bond donors (Lipinski definition) is 1. The molecule has 5 heteroatoms. The molecule has 0 aromatic heterocycles. The first-order chi connectivity index (χ1) is 10.1. The summed E-state index contributed by atoms with van der Waals surface area (Å²) in [5.74, 6) is -0.182. The average Bonchev–Trinajstić information content (AvgIpc) is 2.53. The summed E-state index contributed by atoms with van der Waals surface area (Å²) in [6.07, 6.45) is 3.07. The lowest BCUT2D eigenvalue weighted by atomic mass is 10.0. The van der Waals surface area contributed by atoms with Crippen molar-refractivity contribution in [2.45, 2.75) is 38.8 Å². The molecule has 1 aliphatic heterocycles. The highest BCUT2D eigenvalue weighted by Gasteiger charge is 2.27. The fourth-order valence-electron chi connectivity index (χ4n) is 2.53. The molecular formula is C16H22N2O3. The van der Waals surface area contributed by atoms with Gasteiger partial charge in [-0.3, -0.25) is 9.59 Å². The van der Waals surface area contributed by atoms with E-state index in [1.165, 1.54) is 0 Å². The largest absolute Gasteiger partial charge is 0.497 e. The van der Waals surface area contributed by atoms with Crippen LogP contribution >= 0.6 is 0 Å². The first-order valence-electron chi connectivity index (χ1n) is 7.33. The second kappa shape index (κ2) is 7.11. The van der Waals surface area contributed by atoms with E-state index in [9.17, 15) is 9.59 Å². The third-order valence-corrected chi connectivity index (χ3v) is 3.87. The van der Waals surface area contributed by atoms with E-state index in [0.717, 1.165) is 30.6 Å². The maximum absolute atomic E-state index is 12.1. The van der Waals surface area contributed by atoms with Crippen molar-refractivity contribution in [1.29, 1.82) is 0 Å². The lowest BCUT2D eigenvalue weighted by Gasteiger charge is -2.32. The Balaban J connectivity index is 1.86. The maximum atomic E-state index is 12.1. The molecule has 0 aliphatic carbocycles. The molecule has 2 amide bonds. The molecule has 1 aromatic carbocycles. The molecule has 1 aromatic rings. The van der Waals surface area contributed by atoms with Gasteiger partial charge in [-0.1, -0.05) is 12.1 Å². The van der Waals surface area contributed by atoms with Crippen molar-refractivity contribution in [1.82, 2.24) is 10.2 Å². The highest BCUT2D eigenvalue weighted by atomic mass is 16.5. The summed E-state index contributed by atoms with van der Waals surface area (Å²) in [7, 11) is 1.61. The molecule has 1 saturated heterocycles. The third kappa shape index (κ3) is 3.97. The van der Waals surface area contributed by atoms with Crippen LogP contribution in [0.4, 0.5) is 0 Å². The van der Waals surface area contributed by atoms with Crippen LogP contribution in [0.15, 0.2) is 24.3 Å². The number of carbonyl (C=O) groups is 2. The number of rotatable bonds is 3. The number of nitrogens with one attached hydrogen (secondary N) is 1. The molecule has 1 heterocycles. The molecule has 5 nitrogen and oxygen atoms in total. The van der Waals surface area contributed by atoms with Crippen molar-refractivity contribution in [2.24, 2.45) is 0 Å². The Morgan fingerprint density at radius 1 is 1.29 bits per heavy atom. The van der Waals surface area contributed by atoms with E-state index in [1.54, 1.807) is 12.0 Å². The van der Waals surface area contributed by atoms with Crippen molar-refractivity contribution in [2.75, 3.05) is 13.7 Å². The van der Waals surface area contributed by atoms with Crippen LogP contribution in [0.5, 0.6) is 5.75 Å². The molecule has 0 radical (unpaired) electrons. The van der Waals surface area contributed by atoms with Gasteiger partial charge >= 0.3 is 11.8 Å². The van der Waals surface area contributed by atoms with Crippen molar-refractivity contribution in [3.05, 3.63) is 29.8 Å². The SMILES string of the molecule is COc1ccc(CNC(=O)C(=O)N2CCCCC2C)cc1. The number of amides is 2. The molecule has 1 N–H and O–H groups in total. The van der Waals surface area contributed by atoms with Gasteiger partial charge < -0.3 is 15.0 Å². The number of ether oxygens (including phenoxy) is 1. The normalized spacial score (nSPS) is 18.2. The van der Waals surface area contributed by atoms with Gasteiger partial charge in [0.15, 0.2) is 0 Å². The lowest BCUT2D eigenvalue weighted by molar-refractivity contribution is -0.148. The topological polar surface area (TPSA) is 58.6 Å². The summed E-state index contributed by atoms with van der Waals surface area (Å²) in [5, 5.41) is 2.68. The van der Waals surface area contributed by atoms with Crippen LogP contribution in [-0.2, 0) is 16.1 Å². The summed E-state index contributed by atoms with van der Waals surface area (Å²) in [6.45, 7) is 3.01. The molecule has 2 rings (SSSR count). The Morgan fingerprint density at radius 3 is 2.62 bits per heavy atom. The number of carbonyl (C=O) groups excluding carboxylic acids is 2. The fraction of sp³-hybridized carbons (Fsp3) is 0.500. The Bertz CT molecular complexity index is 499. The van der Waals surface area contributed by atoms with E-state index in [-0.39, 0.29) is 6.04 Å². The Kier molecular flexibility index (Phi) is 5.20. The van der Waals surface area contributed by atoms with Gasteiger partial charge in [-0.15, -0.1) is 0 Å². The molecule has 1 unspecified atom stereocenters. The lowest BCUT2D eigenvalue weighted by Crippen LogP contribution is -2.48. The van der Waals surface area contributed by atoms with Crippen molar-refractivity contribution < 1.29 is 14.3 Å². The van der Waals surface area contributed by atoms with Crippen LogP contribution in [0.25, 0.3) is 0 Å². The van der Waals surface area contributed by atoms with Gasteiger partial charge in [0.05, 0.1) is 7.11 Å². The van der Waals surface area contributed by atoms with Crippen LogP contribution < -0.4 is 10.1 Å². The zero-order valence-electron chi connectivity index (χ0n) is 12.6. The zero-order valence-corrected chi connectivity index (χ0v) is 12.6. The highest BCUT2D eigenvalue weighted by molar-refractivity contribution is 6.35. The molecule has 0 spiro atoms. The average molecular weight is 290 g/mol. The van der Waals surface area contributed by atoms with Crippen molar-refractivity contribution >= 4 is 11.8 Å². The zero-order chi connectivity index (χ0) is 15.2. The van der Waals surface area contributed by atoms with E-state index < -0.39 is 11.8 Å². The Hall–Kier alpha value is -2.04. The van der Waals surface area contributed by atoms with E-state index >= 15 is 0 Å². The monoisotopic (exact) mass is 290 g/mol. The molecule has 1 fully saturated rings. The fourth-order valence-corrected chi connectivity index (χ4v) is 2.53. The third-order valence-electron chi connectivity index (χ3n) is 3.87. The summed E-state index contributed by atoms with van der Waals surface area (Å²) in [4.78, 5) is 25.8. The van der Waals surface area contributed by atoms with Crippen LogP contribution in [-0.4, -0.2) is 36.4 Å². The van der Waals surface area contributed by atoms with Crippen molar-refractivity contribution in [3.8, 4) is 5.75 Å². The second-order valence-corrected chi connectivity index (χ2v) is 5.37. The predicted octanol–water partition coefficient (Wildman–Crippen LogP) is 1.71. The molecule has 21 heavy (non-hydrogen) atoms. The first kappa shape index (κ1) is 15.4. The number of piperidine rings is 1. The van der Waals surface area contributed by atoms with Crippen LogP contribution in [0.2, 0.25) is 0 Å². The van der Waals surface area contributed by atoms with E-state index in [2.05, 4.69) is 5.32 Å². The summed E-state index contributed by atoms with van der Waals surface area (Å²) >= 11 is 0. The minimum Gasteiger partial charge on any atom is -0.497 e. The van der Waals surface area contributed by atoms with Gasteiger partial charge in [0.25, 0.3) is 0 Å². The molecule has 0 bridgehead atoms.